The van der Waals surface area contributed by atoms with Gasteiger partial charge in [0, 0.05) is 19.7 Å². The van der Waals surface area contributed by atoms with Crippen LogP contribution in [0.15, 0.2) is 0 Å². The Kier molecular flexibility index (Phi) is 7.81. The maximum Gasteiger partial charge on any atom is 0.0594 e. The summed E-state index contributed by atoms with van der Waals surface area (Å²) in [7, 11) is 0. The van der Waals surface area contributed by atoms with Gasteiger partial charge < -0.3 is 9.84 Å². The fraction of sp³-hybridized carbons (Fsp3) is 1.00. The molecule has 3 heteroatoms. The minimum atomic E-state index is 0.366. The largest absolute Gasteiger partial charge is 0.396 e. The number of rotatable bonds is 8. The van der Waals surface area contributed by atoms with Crippen molar-refractivity contribution in [2.75, 3.05) is 39.5 Å². The van der Waals surface area contributed by atoms with E-state index in [2.05, 4.69) is 11.8 Å². The summed E-state index contributed by atoms with van der Waals surface area (Å²) in [5, 5.41) is 9.18. The molecule has 0 aliphatic carbocycles. The molecule has 0 aromatic rings. The Labute approximate surface area is 99.8 Å². The first-order valence-corrected chi connectivity index (χ1v) is 6.77. The van der Waals surface area contributed by atoms with Crippen LogP contribution in [0.3, 0.4) is 0 Å². The molecular weight excluding hydrogens is 202 g/mol. The Hall–Kier alpha value is -0.120. The van der Waals surface area contributed by atoms with E-state index in [1.165, 1.54) is 38.6 Å². The van der Waals surface area contributed by atoms with Crippen molar-refractivity contribution in [3.63, 3.8) is 0 Å². The van der Waals surface area contributed by atoms with Gasteiger partial charge in [-0.15, -0.1) is 0 Å². The molecule has 16 heavy (non-hydrogen) atoms. The lowest BCUT2D eigenvalue weighted by Gasteiger charge is -2.26. The van der Waals surface area contributed by atoms with Gasteiger partial charge in [-0.2, -0.15) is 0 Å². The van der Waals surface area contributed by atoms with Crippen molar-refractivity contribution in [1.29, 1.82) is 0 Å². The Morgan fingerprint density at radius 3 is 2.56 bits per heavy atom. The van der Waals surface area contributed by atoms with Gasteiger partial charge in [0.1, 0.15) is 0 Å². The number of ether oxygens (including phenoxy) is 1. The van der Waals surface area contributed by atoms with Crippen LogP contribution in [-0.2, 0) is 4.74 Å². The van der Waals surface area contributed by atoms with E-state index < -0.39 is 0 Å². The van der Waals surface area contributed by atoms with Gasteiger partial charge in [0.05, 0.1) is 13.2 Å². The Balaban J connectivity index is 1.97. The first kappa shape index (κ1) is 13.9. The second-order valence-corrected chi connectivity index (χ2v) is 4.79. The van der Waals surface area contributed by atoms with Crippen LogP contribution in [0.2, 0.25) is 0 Å². The summed E-state index contributed by atoms with van der Waals surface area (Å²) in [5.74, 6) is 0.537. The van der Waals surface area contributed by atoms with E-state index in [0.717, 1.165) is 26.3 Å². The minimum Gasteiger partial charge on any atom is -0.396 e. The van der Waals surface area contributed by atoms with Crippen molar-refractivity contribution in [3.05, 3.63) is 0 Å². The summed E-state index contributed by atoms with van der Waals surface area (Å²) in [6, 6.07) is 0. The molecule has 0 saturated carbocycles. The second kappa shape index (κ2) is 8.97. The number of aliphatic hydroxyl groups excluding tert-OH is 1. The summed E-state index contributed by atoms with van der Waals surface area (Å²) in [6.07, 6.45) is 6.07. The maximum absolute atomic E-state index is 9.18. The molecule has 1 heterocycles. The molecule has 0 spiro atoms. The number of unbranched alkanes of at least 4 members (excludes halogenated alkanes) is 1. The van der Waals surface area contributed by atoms with Crippen LogP contribution in [0.25, 0.3) is 0 Å². The third-order valence-corrected chi connectivity index (χ3v) is 3.40. The van der Waals surface area contributed by atoms with Gasteiger partial charge in [-0.05, 0) is 31.7 Å². The monoisotopic (exact) mass is 229 g/mol. The highest BCUT2D eigenvalue weighted by Crippen LogP contribution is 2.14. The number of nitrogens with zero attached hydrogens (tertiary/aromatic N) is 1. The van der Waals surface area contributed by atoms with E-state index >= 15 is 0 Å². The maximum atomic E-state index is 9.18. The summed E-state index contributed by atoms with van der Waals surface area (Å²) in [5.41, 5.74) is 0. The van der Waals surface area contributed by atoms with Crippen LogP contribution in [0.1, 0.15) is 39.0 Å². The highest BCUT2D eigenvalue weighted by molar-refractivity contribution is 4.63. The highest BCUT2D eigenvalue weighted by Gasteiger charge is 2.10. The van der Waals surface area contributed by atoms with Gasteiger partial charge in [-0.25, -0.2) is 0 Å². The van der Waals surface area contributed by atoms with Gasteiger partial charge in [-0.3, -0.25) is 4.90 Å². The van der Waals surface area contributed by atoms with Crippen molar-refractivity contribution in [3.8, 4) is 0 Å². The molecule has 1 aliphatic heterocycles. The van der Waals surface area contributed by atoms with E-state index in [1.807, 2.05) is 0 Å². The van der Waals surface area contributed by atoms with Crippen LogP contribution < -0.4 is 0 Å². The topological polar surface area (TPSA) is 32.7 Å². The average Bonchev–Trinajstić information content (AvgIpc) is 2.34. The van der Waals surface area contributed by atoms with Gasteiger partial charge in [-0.1, -0.05) is 19.8 Å². The number of hydrogen-bond acceptors (Lipinski definition) is 3. The predicted octanol–water partition coefficient (Wildman–Crippen LogP) is 1.90. The van der Waals surface area contributed by atoms with Crippen molar-refractivity contribution in [1.82, 2.24) is 4.90 Å². The van der Waals surface area contributed by atoms with Crippen LogP contribution in [0.4, 0.5) is 0 Å². The Bertz CT molecular complexity index is 151. The summed E-state index contributed by atoms with van der Waals surface area (Å²) in [6.45, 7) is 7.75. The third kappa shape index (κ3) is 5.83. The lowest BCUT2D eigenvalue weighted by atomic mass is 9.98. The summed E-state index contributed by atoms with van der Waals surface area (Å²) < 4.78 is 5.32. The molecule has 96 valence electrons. The fourth-order valence-electron chi connectivity index (χ4n) is 2.33. The molecule has 3 nitrogen and oxygen atoms in total. The quantitative estimate of drug-likeness (QED) is 0.645. The smallest absolute Gasteiger partial charge is 0.0594 e. The predicted molar refractivity (Wildman–Crippen MR) is 66.6 cm³/mol. The Morgan fingerprint density at radius 1 is 1.19 bits per heavy atom. The molecule has 1 aliphatic rings. The summed E-state index contributed by atoms with van der Waals surface area (Å²) >= 11 is 0. The van der Waals surface area contributed by atoms with Gasteiger partial charge in [0.2, 0.25) is 0 Å². The van der Waals surface area contributed by atoms with E-state index in [-0.39, 0.29) is 0 Å². The zero-order valence-corrected chi connectivity index (χ0v) is 10.7. The minimum absolute atomic E-state index is 0.366. The van der Waals surface area contributed by atoms with E-state index in [1.54, 1.807) is 0 Å². The normalized spacial score (nSPS) is 19.9. The van der Waals surface area contributed by atoms with E-state index in [4.69, 9.17) is 4.74 Å². The molecule has 0 aromatic heterocycles. The van der Waals surface area contributed by atoms with Crippen molar-refractivity contribution in [2.45, 2.75) is 39.0 Å². The molecule has 1 N–H and O–H groups in total. The van der Waals surface area contributed by atoms with Crippen molar-refractivity contribution < 1.29 is 9.84 Å². The first-order valence-electron chi connectivity index (χ1n) is 6.77. The van der Waals surface area contributed by atoms with Gasteiger partial charge in [0.25, 0.3) is 0 Å². The molecular formula is C13H27NO2. The van der Waals surface area contributed by atoms with Crippen LogP contribution in [0.5, 0.6) is 0 Å². The molecule has 1 atom stereocenters. The molecule has 1 fully saturated rings. The zero-order chi connectivity index (χ0) is 11.6. The average molecular weight is 229 g/mol. The fourth-order valence-corrected chi connectivity index (χ4v) is 2.33. The van der Waals surface area contributed by atoms with Crippen LogP contribution >= 0.6 is 0 Å². The molecule has 1 rings (SSSR count). The lowest BCUT2D eigenvalue weighted by molar-refractivity contribution is 0.0369. The first-order chi connectivity index (χ1) is 7.86. The molecule has 0 bridgehead atoms. The summed E-state index contributed by atoms with van der Waals surface area (Å²) in [4.78, 5) is 2.48. The van der Waals surface area contributed by atoms with Gasteiger partial charge in [0.15, 0.2) is 0 Å². The number of aliphatic hydroxyl groups is 1. The van der Waals surface area contributed by atoms with E-state index in [9.17, 15) is 5.11 Å². The molecule has 0 unspecified atom stereocenters. The number of hydrogen-bond donors (Lipinski definition) is 1. The van der Waals surface area contributed by atoms with E-state index in [0.29, 0.717) is 12.5 Å². The molecule has 1 saturated heterocycles. The second-order valence-electron chi connectivity index (χ2n) is 4.79. The molecule has 0 radical (unpaired) electrons. The van der Waals surface area contributed by atoms with Gasteiger partial charge >= 0.3 is 0 Å². The van der Waals surface area contributed by atoms with Crippen molar-refractivity contribution >= 4 is 0 Å². The highest BCUT2D eigenvalue weighted by atomic mass is 16.5. The van der Waals surface area contributed by atoms with Crippen LogP contribution in [-0.4, -0.2) is 49.5 Å². The Morgan fingerprint density at radius 2 is 1.94 bits per heavy atom. The number of morpholine rings is 1. The third-order valence-electron chi connectivity index (χ3n) is 3.40. The van der Waals surface area contributed by atoms with Crippen LogP contribution in [0, 0.1) is 5.92 Å². The zero-order valence-electron chi connectivity index (χ0n) is 10.7. The standard InChI is InChI=1S/C13H27NO2/c1-2-5-13(12-15)6-3-4-7-14-8-10-16-11-9-14/h13,15H,2-12H2,1H3/t13-/m1/s1. The lowest BCUT2D eigenvalue weighted by Crippen LogP contribution is -2.36. The molecule has 0 aromatic carbocycles. The molecule has 0 amide bonds. The van der Waals surface area contributed by atoms with Crippen molar-refractivity contribution in [2.24, 2.45) is 5.92 Å². The SMILES string of the molecule is CCC[C@@H](CO)CCCCN1CCOCC1.